The summed E-state index contributed by atoms with van der Waals surface area (Å²) in [6, 6.07) is 15.4. The summed E-state index contributed by atoms with van der Waals surface area (Å²) in [6.07, 6.45) is 2.82. The fourth-order valence-corrected chi connectivity index (χ4v) is 5.33. The van der Waals surface area contributed by atoms with Crippen LogP contribution >= 0.6 is 23.2 Å². The number of benzene rings is 2. The van der Waals surface area contributed by atoms with Crippen molar-refractivity contribution >= 4 is 45.8 Å². The third-order valence-electron chi connectivity index (χ3n) is 7.05. The van der Waals surface area contributed by atoms with E-state index in [1.54, 1.807) is 6.07 Å². The van der Waals surface area contributed by atoms with Crippen molar-refractivity contribution in [1.82, 2.24) is 9.88 Å². The molecule has 216 valence electrons. The van der Waals surface area contributed by atoms with E-state index in [1.165, 1.54) is 0 Å². The van der Waals surface area contributed by atoms with Crippen LogP contribution in [0.15, 0.2) is 48.5 Å². The first kappa shape index (κ1) is 30.2. The van der Waals surface area contributed by atoms with Crippen LogP contribution in [-0.2, 0) is 9.53 Å². The number of halogens is 2. The number of unbranched alkanes of at least 4 members (excludes halogenated alkanes) is 1. The molecule has 2 aromatic carbocycles. The van der Waals surface area contributed by atoms with Crippen LogP contribution in [0.25, 0.3) is 10.9 Å². The molecule has 1 saturated heterocycles. The predicted molar refractivity (Wildman–Crippen MR) is 162 cm³/mol. The molecule has 0 aliphatic carbocycles. The van der Waals surface area contributed by atoms with Crippen LogP contribution in [0.1, 0.15) is 40.0 Å². The SMILES string of the molecule is CC(C)CC(C)C(=O)OCOc1ccc2ccc(OCCCCN3CCN(c4cccc(Cl)c4Cl)CC3)cc2n1. The van der Waals surface area contributed by atoms with Gasteiger partial charge in [0.05, 0.1) is 33.8 Å². The molecular formula is C31H39Cl2N3O4. The van der Waals surface area contributed by atoms with Gasteiger partial charge in [-0.1, -0.05) is 50.0 Å². The van der Waals surface area contributed by atoms with Crippen LogP contribution in [-0.4, -0.2) is 62.0 Å². The maximum absolute atomic E-state index is 12.1. The number of ether oxygens (including phenoxy) is 3. The minimum Gasteiger partial charge on any atom is -0.494 e. The Hall–Kier alpha value is -2.74. The van der Waals surface area contributed by atoms with E-state index in [4.69, 9.17) is 37.4 Å². The first-order valence-electron chi connectivity index (χ1n) is 14.0. The Morgan fingerprint density at radius 2 is 1.75 bits per heavy atom. The van der Waals surface area contributed by atoms with Crippen molar-refractivity contribution in [2.45, 2.75) is 40.0 Å². The summed E-state index contributed by atoms with van der Waals surface area (Å²) < 4.78 is 16.8. The molecule has 0 spiro atoms. The van der Waals surface area contributed by atoms with Crippen LogP contribution in [0.2, 0.25) is 10.0 Å². The Labute approximate surface area is 247 Å². The molecule has 1 aliphatic rings. The highest BCUT2D eigenvalue weighted by Crippen LogP contribution is 2.33. The van der Waals surface area contributed by atoms with Gasteiger partial charge in [0.15, 0.2) is 0 Å². The molecule has 3 aromatic rings. The van der Waals surface area contributed by atoms with Crippen LogP contribution in [0.3, 0.4) is 0 Å². The number of hydrogen-bond donors (Lipinski definition) is 0. The van der Waals surface area contributed by atoms with Crippen molar-refractivity contribution in [1.29, 1.82) is 0 Å². The molecule has 9 heteroatoms. The van der Waals surface area contributed by atoms with Crippen LogP contribution in [0, 0.1) is 11.8 Å². The number of piperazine rings is 1. The van der Waals surface area contributed by atoms with E-state index in [0.717, 1.165) is 74.3 Å². The van der Waals surface area contributed by atoms with Crippen LogP contribution in [0.5, 0.6) is 11.6 Å². The predicted octanol–water partition coefficient (Wildman–Crippen LogP) is 7.08. The number of nitrogens with zero attached hydrogens (tertiary/aromatic N) is 3. The van der Waals surface area contributed by atoms with Gasteiger partial charge >= 0.3 is 5.97 Å². The lowest BCUT2D eigenvalue weighted by atomic mass is 9.99. The highest BCUT2D eigenvalue weighted by Gasteiger charge is 2.19. The second-order valence-corrected chi connectivity index (χ2v) is 11.5. The topological polar surface area (TPSA) is 64.1 Å². The number of aromatic nitrogens is 1. The fraction of sp³-hybridized carbons (Fsp3) is 0.484. The average molecular weight is 589 g/mol. The van der Waals surface area contributed by atoms with E-state index in [-0.39, 0.29) is 18.7 Å². The zero-order chi connectivity index (χ0) is 28.5. The molecule has 1 unspecified atom stereocenters. The van der Waals surface area contributed by atoms with Crippen LogP contribution < -0.4 is 14.4 Å². The molecule has 1 aliphatic heterocycles. The number of esters is 1. The molecular weight excluding hydrogens is 549 g/mol. The minimum atomic E-state index is -0.255. The lowest BCUT2D eigenvalue weighted by molar-refractivity contribution is -0.155. The van der Waals surface area contributed by atoms with Gasteiger partial charge in [0.25, 0.3) is 0 Å². The first-order valence-corrected chi connectivity index (χ1v) is 14.8. The van der Waals surface area contributed by atoms with E-state index < -0.39 is 0 Å². The number of carbonyl (C=O) groups is 1. The molecule has 7 nitrogen and oxygen atoms in total. The van der Waals surface area contributed by atoms with E-state index in [1.807, 2.05) is 49.4 Å². The quantitative estimate of drug-likeness (QED) is 0.120. The number of hydrogen-bond acceptors (Lipinski definition) is 7. The van der Waals surface area contributed by atoms with Crippen molar-refractivity contribution in [2.75, 3.05) is 51.0 Å². The summed E-state index contributed by atoms with van der Waals surface area (Å²) in [6.45, 7) is 11.4. The second-order valence-electron chi connectivity index (χ2n) is 10.7. The zero-order valence-corrected chi connectivity index (χ0v) is 25.1. The van der Waals surface area contributed by atoms with Crippen molar-refractivity contribution in [2.24, 2.45) is 11.8 Å². The first-order chi connectivity index (χ1) is 19.3. The molecule has 40 heavy (non-hydrogen) atoms. The van der Waals surface area contributed by atoms with Gasteiger partial charge in [-0.2, -0.15) is 0 Å². The molecule has 2 heterocycles. The number of carbonyl (C=O) groups excluding carboxylic acids is 1. The van der Waals surface area contributed by atoms with Crippen molar-refractivity contribution in [3.63, 3.8) is 0 Å². The van der Waals surface area contributed by atoms with Gasteiger partial charge in [0.1, 0.15) is 5.75 Å². The smallest absolute Gasteiger partial charge is 0.311 e. The Balaban J connectivity index is 1.16. The standard InChI is InChI=1S/C31H39Cl2N3O4/c1-22(2)19-23(3)31(37)40-21-39-29-12-10-24-9-11-25(20-27(24)34-29)38-18-5-4-13-35-14-16-36(17-15-35)28-8-6-7-26(32)30(28)33/h6-12,20,22-23H,4-5,13-19,21H2,1-3H3. The third-order valence-corrected chi connectivity index (χ3v) is 7.86. The third kappa shape index (κ3) is 8.63. The van der Waals surface area contributed by atoms with E-state index >= 15 is 0 Å². The summed E-state index contributed by atoms with van der Waals surface area (Å²) >= 11 is 12.6. The minimum absolute atomic E-state index is 0.153. The van der Waals surface area contributed by atoms with Gasteiger partial charge in [-0.15, -0.1) is 0 Å². The highest BCUT2D eigenvalue weighted by molar-refractivity contribution is 6.43. The molecule has 0 bridgehead atoms. The second kappa shape index (κ2) is 14.8. The summed E-state index contributed by atoms with van der Waals surface area (Å²) in [5.41, 5.74) is 1.79. The summed E-state index contributed by atoms with van der Waals surface area (Å²) in [5.74, 6) is 1.21. The van der Waals surface area contributed by atoms with E-state index in [9.17, 15) is 4.79 Å². The molecule has 1 aromatic heterocycles. The van der Waals surface area contributed by atoms with Crippen molar-refractivity contribution in [3.8, 4) is 11.6 Å². The molecule has 0 N–H and O–H groups in total. The maximum atomic E-state index is 12.1. The molecule has 1 atom stereocenters. The number of fused-ring (bicyclic) bond motifs is 1. The van der Waals surface area contributed by atoms with Gasteiger partial charge in [0, 0.05) is 43.7 Å². The largest absolute Gasteiger partial charge is 0.494 e. The Bertz CT molecular complexity index is 1260. The molecule has 1 fully saturated rings. The molecule has 0 amide bonds. The lowest BCUT2D eigenvalue weighted by Crippen LogP contribution is -2.46. The lowest BCUT2D eigenvalue weighted by Gasteiger charge is -2.36. The molecule has 0 radical (unpaired) electrons. The van der Waals surface area contributed by atoms with Crippen molar-refractivity contribution < 1.29 is 19.0 Å². The zero-order valence-electron chi connectivity index (χ0n) is 23.6. The van der Waals surface area contributed by atoms with Crippen LogP contribution in [0.4, 0.5) is 5.69 Å². The maximum Gasteiger partial charge on any atom is 0.311 e. The number of anilines is 1. The van der Waals surface area contributed by atoms with Gasteiger partial charge < -0.3 is 19.1 Å². The summed E-state index contributed by atoms with van der Waals surface area (Å²) in [5, 5.41) is 2.22. The van der Waals surface area contributed by atoms with Gasteiger partial charge in [-0.3, -0.25) is 9.69 Å². The van der Waals surface area contributed by atoms with E-state index in [2.05, 4.69) is 28.6 Å². The molecule has 0 saturated carbocycles. The monoisotopic (exact) mass is 587 g/mol. The van der Waals surface area contributed by atoms with Gasteiger partial charge in [-0.25, -0.2) is 4.98 Å². The summed E-state index contributed by atoms with van der Waals surface area (Å²) in [7, 11) is 0. The number of pyridine rings is 1. The Morgan fingerprint density at radius 1 is 0.975 bits per heavy atom. The fourth-order valence-electron chi connectivity index (χ4n) is 4.92. The highest BCUT2D eigenvalue weighted by atomic mass is 35.5. The van der Waals surface area contributed by atoms with Gasteiger partial charge in [0.2, 0.25) is 12.7 Å². The van der Waals surface area contributed by atoms with Crippen molar-refractivity contribution in [3.05, 3.63) is 58.6 Å². The van der Waals surface area contributed by atoms with E-state index in [0.29, 0.717) is 28.5 Å². The normalized spacial score (nSPS) is 14.9. The average Bonchev–Trinajstić information content (AvgIpc) is 2.94. The Kier molecular flexibility index (Phi) is 11.2. The molecule has 4 rings (SSSR count). The van der Waals surface area contributed by atoms with Gasteiger partial charge in [-0.05, 0) is 62.1 Å². The Morgan fingerprint density at radius 3 is 2.52 bits per heavy atom. The number of rotatable bonds is 13. The summed E-state index contributed by atoms with van der Waals surface area (Å²) in [4.78, 5) is 21.4.